The number of nitrogens with one attached hydrogen (secondary N) is 2. The van der Waals surface area contributed by atoms with Crippen molar-refractivity contribution in [2.24, 2.45) is 0 Å². The molecule has 7 heteroatoms. The average molecular weight is 213 g/mol. The molecule has 0 aliphatic rings. The fourth-order valence-corrected chi connectivity index (χ4v) is 0.801. The quantitative estimate of drug-likeness (QED) is 0.704. The van der Waals surface area contributed by atoms with Crippen molar-refractivity contribution in [1.29, 1.82) is 0 Å². The van der Waals surface area contributed by atoms with Gasteiger partial charge in [0.1, 0.15) is 6.54 Å². The summed E-state index contributed by atoms with van der Waals surface area (Å²) in [6.07, 6.45) is 1.39. The predicted molar refractivity (Wildman–Crippen MR) is 50.2 cm³/mol. The van der Waals surface area contributed by atoms with Crippen LogP contribution in [0.15, 0.2) is 16.8 Å². The molecule has 0 saturated carbocycles. The maximum Gasteiger partial charge on any atom is 0.325 e. The highest BCUT2D eigenvalue weighted by molar-refractivity contribution is 5.90. The van der Waals surface area contributed by atoms with E-state index in [1.54, 1.807) is 6.92 Å². The van der Waals surface area contributed by atoms with Gasteiger partial charge in [-0.3, -0.25) is 10.1 Å². The summed E-state index contributed by atoms with van der Waals surface area (Å²) in [4.78, 5) is 22.0. The summed E-state index contributed by atoms with van der Waals surface area (Å²) in [6.45, 7) is 1.78. The van der Waals surface area contributed by atoms with Crippen molar-refractivity contribution in [2.75, 3.05) is 18.5 Å². The number of hydrogen-bond donors (Lipinski definition) is 2. The molecule has 7 nitrogen and oxygen atoms in total. The van der Waals surface area contributed by atoms with E-state index in [9.17, 15) is 9.59 Å². The topological polar surface area (TPSA) is 93.5 Å². The van der Waals surface area contributed by atoms with Crippen LogP contribution in [0.3, 0.4) is 0 Å². The van der Waals surface area contributed by atoms with Gasteiger partial charge in [-0.2, -0.15) is 0 Å². The predicted octanol–water partition coefficient (Wildman–Crippen LogP) is 0.359. The van der Waals surface area contributed by atoms with Crippen LogP contribution in [0.2, 0.25) is 0 Å². The Hall–Kier alpha value is -2.05. The molecule has 0 aliphatic carbocycles. The molecule has 1 aromatic heterocycles. The average Bonchev–Trinajstić information content (AvgIpc) is 2.68. The van der Waals surface area contributed by atoms with Crippen molar-refractivity contribution >= 4 is 17.9 Å². The summed E-state index contributed by atoms with van der Waals surface area (Å²) in [5.41, 5.74) is 0. The number of ether oxygens (including phenoxy) is 1. The lowest BCUT2D eigenvalue weighted by Gasteiger charge is -2.04. The van der Waals surface area contributed by atoms with E-state index in [1.165, 1.54) is 12.3 Å². The first-order valence-electron chi connectivity index (χ1n) is 4.33. The van der Waals surface area contributed by atoms with E-state index in [1.807, 2.05) is 0 Å². The van der Waals surface area contributed by atoms with E-state index >= 15 is 0 Å². The molecule has 1 aromatic rings. The third-order valence-corrected chi connectivity index (χ3v) is 1.37. The van der Waals surface area contributed by atoms with Crippen LogP contribution in [-0.2, 0) is 9.53 Å². The van der Waals surface area contributed by atoms with Gasteiger partial charge in [-0.05, 0) is 6.92 Å². The van der Waals surface area contributed by atoms with Crippen LogP contribution >= 0.6 is 0 Å². The van der Waals surface area contributed by atoms with Crippen molar-refractivity contribution < 1.29 is 18.8 Å². The Labute approximate surface area is 85.8 Å². The van der Waals surface area contributed by atoms with Gasteiger partial charge in [-0.1, -0.05) is 5.16 Å². The van der Waals surface area contributed by atoms with Gasteiger partial charge in [0.05, 0.1) is 12.8 Å². The van der Waals surface area contributed by atoms with Gasteiger partial charge in [0.15, 0.2) is 0 Å². The van der Waals surface area contributed by atoms with Gasteiger partial charge in [-0.15, -0.1) is 0 Å². The number of anilines is 1. The van der Waals surface area contributed by atoms with Crippen LogP contribution in [0.5, 0.6) is 0 Å². The van der Waals surface area contributed by atoms with E-state index in [0.29, 0.717) is 0 Å². The summed E-state index contributed by atoms with van der Waals surface area (Å²) >= 11 is 0. The second-order valence-electron chi connectivity index (χ2n) is 2.49. The lowest BCUT2D eigenvalue weighted by molar-refractivity contribution is -0.141. The van der Waals surface area contributed by atoms with E-state index in [0.717, 1.165) is 0 Å². The molecule has 1 rings (SSSR count). The molecule has 2 amide bonds. The maximum atomic E-state index is 11.1. The third-order valence-electron chi connectivity index (χ3n) is 1.37. The van der Waals surface area contributed by atoms with E-state index in [4.69, 9.17) is 0 Å². The van der Waals surface area contributed by atoms with Gasteiger partial charge >= 0.3 is 12.0 Å². The molecule has 0 unspecified atom stereocenters. The molecular weight excluding hydrogens is 202 g/mol. The van der Waals surface area contributed by atoms with Gasteiger partial charge in [0.2, 0.25) is 5.88 Å². The number of carbonyl (C=O) groups is 2. The molecule has 2 N–H and O–H groups in total. The molecule has 0 aromatic carbocycles. The normalized spacial score (nSPS) is 9.40. The first kappa shape index (κ1) is 11.0. The second kappa shape index (κ2) is 5.63. The largest absolute Gasteiger partial charge is 0.465 e. The zero-order valence-electron chi connectivity index (χ0n) is 8.15. The van der Waals surface area contributed by atoms with Crippen molar-refractivity contribution in [1.82, 2.24) is 10.5 Å². The molecule has 0 fully saturated rings. The number of urea groups is 1. The van der Waals surface area contributed by atoms with Gasteiger partial charge in [0.25, 0.3) is 0 Å². The minimum absolute atomic E-state index is 0.187. The zero-order chi connectivity index (χ0) is 11.1. The number of esters is 1. The highest BCUT2D eigenvalue weighted by Gasteiger charge is 2.06. The number of hydrogen-bond acceptors (Lipinski definition) is 5. The molecule has 82 valence electrons. The Balaban J connectivity index is 2.22. The molecule has 0 aliphatic heterocycles. The number of aromatic nitrogens is 1. The van der Waals surface area contributed by atoms with Crippen LogP contribution in [0.1, 0.15) is 6.92 Å². The fraction of sp³-hybridized carbons (Fsp3) is 0.375. The van der Waals surface area contributed by atoms with Crippen LogP contribution in [0.25, 0.3) is 0 Å². The monoisotopic (exact) mass is 213 g/mol. The Morgan fingerprint density at radius 1 is 1.60 bits per heavy atom. The van der Waals surface area contributed by atoms with Crippen molar-refractivity contribution in [3.8, 4) is 0 Å². The Kier molecular flexibility index (Phi) is 4.14. The van der Waals surface area contributed by atoms with Crippen molar-refractivity contribution in [3.63, 3.8) is 0 Å². The number of amides is 2. The molecule has 0 spiro atoms. The van der Waals surface area contributed by atoms with Crippen LogP contribution in [0.4, 0.5) is 10.7 Å². The minimum Gasteiger partial charge on any atom is -0.465 e. The van der Waals surface area contributed by atoms with E-state index < -0.39 is 12.0 Å². The lowest BCUT2D eigenvalue weighted by Crippen LogP contribution is -2.34. The first-order valence-corrected chi connectivity index (χ1v) is 4.33. The van der Waals surface area contributed by atoms with Crippen LogP contribution in [0, 0.1) is 0 Å². The number of carbonyl (C=O) groups excluding carboxylic acids is 2. The highest BCUT2D eigenvalue weighted by Crippen LogP contribution is 2.02. The Morgan fingerprint density at radius 2 is 2.40 bits per heavy atom. The SMILES string of the molecule is CCOC(=O)CNC(=O)Nc1ccno1. The van der Waals surface area contributed by atoms with Gasteiger partial charge in [-0.25, -0.2) is 4.79 Å². The first-order chi connectivity index (χ1) is 7.22. The Morgan fingerprint density at radius 3 is 3.00 bits per heavy atom. The molecule has 0 bridgehead atoms. The summed E-state index contributed by atoms with van der Waals surface area (Å²) in [6, 6.07) is 0.920. The summed E-state index contributed by atoms with van der Waals surface area (Å²) < 4.78 is 9.23. The standard InChI is InChI=1S/C8H11N3O4/c1-2-14-7(12)5-9-8(13)11-6-3-4-10-15-6/h3-4H,2,5H2,1H3,(H2,9,11,13). The molecule has 0 atom stereocenters. The van der Waals surface area contributed by atoms with Gasteiger partial charge in [0, 0.05) is 6.07 Å². The summed E-state index contributed by atoms with van der Waals surface area (Å²) in [5, 5.41) is 8.02. The molecule has 15 heavy (non-hydrogen) atoms. The molecule has 0 radical (unpaired) electrons. The molecule has 1 heterocycles. The number of rotatable bonds is 4. The lowest BCUT2D eigenvalue weighted by atomic mass is 10.6. The summed E-state index contributed by atoms with van der Waals surface area (Å²) in [5.74, 6) is -0.290. The van der Waals surface area contributed by atoms with Gasteiger partial charge < -0.3 is 14.6 Å². The van der Waals surface area contributed by atoms with Crippen molar-refractivity contribution in [3.05, 3.63) is 12.3 Å². The smallest absolute Gasteiger partial charge is 0.325 e. The third kappa shape index (κ3) is 4.12. The summed E-state index contributed by atoms with van der Waals surface area (Å²) in [7, 11) is 0. The zero-order valence-corrected chi connectivity index (χ0v) is 8.15. The highest BCUT2D eigenvalue weighted by atomic mass is 16.5. The van der Waals surface area contributed by atoms with Crippen LogP contribution < -0.4 is 10.6 Å². The maximum absolute atomic E-state index is 11.1. The minimum atomic E-state index is -0.556. The number of nitrogens with zero attached hydrogens (tertiary/aromatic N) is 1. The van der Waals surface area contributed by atoms with Crippen molar-refractivity contribution in [2.45, 2.75) is 6.92 Å². The van der Waals surface area contributed by atoms with E-state index in [2.05, 4.69) is 25.1 Å². The Bertz CT molecular complexity index is 323. The molecular formula is C8H11N3O4. The van der Waals surface area contributed by atoms with E-state index in [-0.39, 0.29) is 19.0 Å². The second-order valence-corrected chi connectivity index (χ2v) is 2.49. The molecule has 0 saturated heterocycles. The van der Waals surface area contributed by atoms with Crippen LogP contribution in [-0.4, -0.2) is 30.3 Å². The fourth-order valence-electron chi connectivity index (χ4n) is 0.801.